The quantitative estimate of drug-likeness (QED) is 0.594. The number of nitrogens with one attached hydrogen (secondary N) is 1. The van der Waals surface area contributed by atoms with Gasteiger partial charge in [-0.15, -0.1) is 0 Å². The van der Waals surface area contributed by atoms with Crippen molar-refractivity contribution in [1.82, 2.24) is 5.32 Å². The fraction of sp³-hybridized carbons (Fsp3) is 0.318. The van der Waals surface area contributed by atoms with Gasteiger partial charge in [0.2, 0.25) is 0 Å². The van der Waals surface area contributed by atoms with Gasteiger partial charge in [-0.25, -0.2) is 0 Å². The number of amides is 1. The Morgan fingerprint density at radius 3 is 2.24 bits per heavy atom. The van der Waals surface area contributed by atoms with Gasteiger partial charge in [-0.2, -0.15) is 0 Å². The molecule has 0 aliphatic heterocycles. The van der Waals surface area contributed by atoms with Crippen LogP contribution in [0.1, 0.15) is 24.5 Å². The molecule has 7 nitrogen and oxygen atoms in total. The Balaban J connectivity index is 0.000000960. The van der Waals surface area contributed by atoms with Crippen molar-refractivity contribution in [2.45, 2.75) is 32.2 Å². The summed E-state index contributed by atoms with van der Waals surface area (Å²) in [7, 11) is 1.31. The van der Waals surface area contributed by atoms with Crippen LogP contribution in [0.3, 0.4) is 0 Å². The van der Waals surface area contributed by atoms with Crippen LogP contribution in [0, 0.1) is 0 Å². The number of aryl methyl sites for hydroxylation is 1. The van der Waals surface area contributed by atoms with Crippen LogP contribution < -0.4 is 10.1 Å². The molecule has 2 rings (SSSR count). The average Bonchev–Trinajstić information content (AvgIpc) is 2.72. The predicted molar refractivity (Wildman–Crippen MR) is 109 cm³/mol. The molecule has 0 spiro atoms. The van der Waals surface area contributed by atoms with Crippen molar-refractivity contribution in [2.24, 2.45) is 0 Å². The van der Waals surface area contributed by atoms with E-state index in [1.807, 2.05) is 49.4 Å². The predicted octanol–water partition coefficient (Wildman–Crippen LogP) is 2.62. The maximum Gasteiger partial charge on any atom is 0.303 e. The van der Waals surface area contributed by atoms with Gasteiger partial charge in [0.05, 0.1) is 7.11 Å². The Morgan fingerprint density at radius 1 is 1.07 bits per heavy atom. The molecule has 0 radical (unpaired) electrons. The summed E-state index contributed by atoms with van der Waals surface area (Å²) < 4.78 is 9.33. The van der Waals surface area contributed by atoms with Gasteiger partial charge in [0.25, 0.3) is 12.4 Å². The minimum absolute atomic E-state index is 0.0249. The van der Waals surface area contributed by atoms with E-state index >= 15 is 0 Å². The fourth-order valence-corrected chi connectivity index (χ4v) is 2.49. The molecule has 0 saturated carbocycles. The Hall–Kier alpha value is -3.35. The number of hydrogen-bond donors (Lipinski definition) is 2. The van der Waals surface area contributed by atoms with Gasteiger partial charge in [-0.05, 0) is 43.0 Å². The number of carbonyl (C=O) groups is 3. The van der Waals surface area contributed by atoms with Crippen molar-refractivity contribution in [2.75, 3.05) is 13.7 Å². The third-order valence-electron chi connectivity index (χ3n) is 3.81. The highest BCUT2D eigenvalue weighted by Gasteiger charge is 2.09. The SMILES string of the molecule is COC=O.C[C@@H](Cc1ccccc1)NC(=O)COc1ccc(CCC(=O)O)cc1. The first kappa shape index (κ1) is 23.7. The van der Waals surface area contributed by atoms with Crippen molar-refractivity contribution in [3.63, 3.8) is 0 Å². The van der Waals surface area contributed by atoms with Gasteiger partial charge in [-0.1, -0.05) is 42.5 Å². The second-order valence-electron chi connectivity index (χ2n) is 6.32. The molecule has 7 heteroatoms. The molecule has 1 atom stereocenters. The second-order valence-corrected chi connectivity index (χ2v) is 6.32. The van der Waals surface area contributed by atoms with Gasteiger partial charge in [-0.3, -0.25) is 14.4 Å². The summed E-state index contributed by atoms with van der Waals surface area (Å²) in [5.74, 6) is -0.398. The summed E-state index contributed by atoms with van der Waals surface area (Å²) in [6, 6.07) is 17.1. The molecule has 0 aliphatic rings. The molecular weight excluding hydrogens is 374 g/mol. The Morgan fingerprint density at radius 2 is 1.69 bits per heavy atom. The normalized spacial score (nSPS) is 10.7. The highest BCUT2D eigenvalue weighted by Crippen LogP contribution is 2.13. The lowest BCUT2D eigenvalue weighted by molar-refractivity contribution is -0.137. The first-order valence-corrected chi connectivity index (χ1v) is 9.17. The molecule has 1 amide bonds. The fourth-order valence-electron chi connectivity index (χ4n) is 2.49. The van der Waals surface area contributed by atoms with E-state index in [1.54, 1.807) is 12.1 Å². The van der Waals surface area contributed by atoms with Crippen LogP contribution in [0.2, 0.25) is 0 Å². The molecule has 0 saturated heterocycles. The highest BCUT2D eigenvalue weighted by atomic mass is 16.5. The van der Waals surface area contributed by atoms with Crippen molar-refractivity contribution >= 4 is 18.3 Å². The summed E-state index contributed by atoms with van der Waals surface area (Å²) in [5.41, 5.74) is 2.10. The van der Waals surface area contributed by atoms with E-state index in [0.717, 1.165) is 12.0 Å². The lowest BCUT2D eigenvalue weighted by Crippen LogP contribution is -2.37. The number of ether oxygens (including phenoxy) is 2. The molecular formula is C22H27NO6. The summed E-state index contributed by atoms with van der Waals surface area (Å²) >= 11 is 0. The molecule has 0 fully saturated rings. The minimum Gasteiger partial charge on any atom is -0.484 e. The molecule has 0 aromatic heterocycles. The Bertz CT molecular complexity index is 746. The zero-order chi connectivity index (χ0) is 21.5. The topological polar surface area (TPSA) is 102 Å². The van der Waals surface area contributed by atoms with E-state index < -0.39 is 5.97 Å². The maximum absolute atomic E-state index is 12.0. The molecule has 0 bridgehead atoms. The molecule has 29 heavy (non-hydrogen) atoms. The monoisotopic (exact) mass is 401 g/mol. The van der Waals surface area contributed by atoms with E-state index in [2.05, 4.69) is 10.1 Å². The molecule has 2 N–H and O–H groups in total. The summed E-state index contributed by atoms with van der Waals surface area (Å²) in [6.07, 6.45) is 1.35. The van der Waals surface area contributed by atoms with Gasteiger partial charge in [0.15, 0.2) is 6.61 Å². The zero-order valence-corrected chi connectivity index (χ0v) is 16.7. The summed E-state index contributed by atoms with van der Waals surface area (Å²) in [5, 5.41) is 11.6. The van der Waals surface area contributed by atoms with Gasteiger partial charge >= 0.3 is 5.97 Å². The number of hydrogen-bond acceptors (Lipinski definition) is 5. The number of benzene rings is 2. The van der Waals surface area contributed by atoms with Crippen LogP contribution in [0.4, 0.5) is 0 Å². The van der Waals surface area contributed by atoms with E-state index in [-0.39, 0.29) is 25.0 Å². The largest absolute Gasteiger partial charge is 0.484 e. The number of carboxylic acids is 1. The molecule has 2 aromatic carbocycles. The average molecular weight is 401 g/mol. The number of methoxy groups -OCH3 is 1. The van der Waals surface area contributed by atoms with Gasteiger partial charge in [0, 0.05) is 12.5 Å². The van der Waals surface area contributed by atoms with Crippen LogP contribution in [-0.4, -0.2) is 43.2 Å². The maximum atomic E-state index is 12.0. The second kappa shape index (κ2) is 13.8. The van der Waals surface area contributed by atoms with E-state index in [1.165, 1.54) is 12.7 Å². The number of carboxylic acid groups (broad SMARTS) is 1. The smallest absolute Gasteiger partial charge is 0.303 e. The standard InChI is InChI=1S/C20H23NO4.C2H4O2/c1-15(13-17-5-3-2-4-6-17)21-19(22)14-25-18-10-7-16(8-11-18)9-12-20(23)24;1-4-2-3/h2-8,10-11,15H,9,12-14H2,1H3,(H,21,22)(H,23,24);2H,1H3/t15-;/m0./s1. The molecule has 0 aliphatic carbocycles. The first-order valence-electron chi connectivity index (χ1n) is 9.17. The van der Waals surface area contributed by atoms with Crippen LogP contribution in [0.5, 0.6) is 5.75 Å². The summed E-state index contributed by atoms with van der Waals surface area (Å²) in [6.45, 7) is 2.29. The van der Waals surface area contributed by atoms with Crippen molar-refractivity contribution in [1.29, 1.82) is 0 Å². The van der Waals surface area contributed by atoms with Crippen molar-refractivity contribution < 1.29 is 29.0 Å². The summed E-state index contributed by atoms with van der Waals surface area (Å²) in [4.78, 5) is 31.5. The lowest BCUT2D eigenvalue weighted by atomic mass is 10.1. The first-order chi connectivity index (χ1) is 13.9. The number of rotatable bonds is 10. The molecule has 156 valence electrons. The van der Waals surface area contributed by atoms with Crippen LogP contribution >= 0.6 is 0 Å². The lowest BCUT2D eigenvalue weighted by Gasteiger charge is -2.14. The molecule has 0 heterocycles. The Labute approximate surface area is 170 Å². The van der Waals surface area contributed by atoms with Crippen LogP contribution in [0.25, 0.3) is 0 Å². The molecule has 2 aromatic rings. The molecule has 0 unspecified atom stereocenters. The van der Waals surface area contributed by atoms with Crippen LogP contribution in [0.15, 0.2) is 54.6 Å². The zero-order valence-electron chi connectivity index (χ0n) is 16.7. The van der Waals surface area contributed by atoms with Crippen LogP contribution in [-0.2, 0) is 32.0 Å². The van der Waals surface area contributed by atoms with Gasteiger partial charge in [0.1, 0.15) is 5.75 Å². The minimum atomic E-state index is -0.818. The highest BCUT2D eigenvalue weighted by molar-refractivity contribution is 5.77. The van der Waals surface area contributed by atoms with E-state index in [0.29, 0.717) is 18.6 Å². The third kappa shape index (κ3) is 11.2. The number of aliphatic carboxylic acids is 1. The van der Waals surface area contributed by atoms with E-state index in [4.69, 9.17) is 14.6 Å². The number of carbonyl (C=O) groups excluding carboxylic acids is 2. The third-order valence-corrected chi connectivity index (χ3v) is 3.81. The van der Waals surface area contributed by atoms with Crippen molar-refractivity contribution in [3.8, 4) is 5.75 Å². The Kier molecular flexibility index (Phi) is 11.2. The van der Waals surface area contributed by atoms with Crippen molar-refractivity contribution in [3.05, 3.63) is 65.7 Å². The van der Waals surface area contributed by atoms with E-state index in [9.17, 15) is 9.59 Å². The van der Waals surface area contributed by atoms with Gasteiger partial charge < -0.3 is 19.9 Å².